The number of amides is 1. The molecule has 4 rings (SSSR count). The van der Waals surface area contributed by atoms with Crippen LogP contribution in [0.2, 0.25) is 0 Å². The van der Waals surface area contributed by atoms with E-state index in [4.69, 9.17) is 4.74 Å². The number of nitrogens with zero attached hydrogens (tertiary/aromatic N) is 3. The molecule has 0 atom stereocenters. The number of aryl methyl sites for hydroxylation is 1. The molecule has 0 unspecified atom stereocenters. The zero-order valence-corrected chi connectivity index (χ0v) is 14.0. The van der Waals surface area contributed by atoms with E-state index in [1.165, 1.54) is 24.4 Å². The van der Waals surface area contributed by atoms with Crippen molar-refractivity contribution in [2.24, 2.45) is 5.92 Å². The fourth-order valence-electron chi connectivity index (χ4n) is 4.13. The van der Waals surface area contributed by atoms with Crippen LogP contribution in [0.3, 0.4) is 0 Å². The molecule has 5 heteroatoms. The highest BCUT2D eigenvalue weighted by Crippen LogP contribution is 2.41. The Hall–Kier alpha value is -1.36. The summed E-state index contributed by atoms with van der Waals surface area (Å²) in [6.07, 6.45) is 8.51. The average molecular weight is 317 g/mol. The highest BCUT2D eigenvalue weighted by atomic mass is 16.5. The van der Waals surface area contributed by atoms with Gasteiger partial charge in [-0.05, 0) is 45.4 Å². The smallest absolute Gasteiger partial charge is 0.225 e. The van der Waals surface area contributed by atoms with Crippen LogP contribution in [0.5, 0.6) is 0 Å². The van der Waals surface area contributed by atoms with Crippen molar-refractivity contribution in [2.75, 3.05) is 26.3 Å². The zero-order chi connectivity index (χ0) is 15.8. The maximum absolute atomic E-state index is 12.6. The molecule has 1 amide bonds. The standard InChI is InChI=1S/C18H27N3O2/c1-13-12-19-17(14-2-3-14)21(13)16-4-8-20(9-5-16)18(22)15-6-10-23-11-7-15/h12,14-16H,2-11H2,1H3. The predicted octanol–water partition coefficient (Wildman–Crippen LogP) is 2.66. The predicted molar refractivity (Wildman–Crippen MR) is 87.3 cm³/mol. The van der Waals surface area contributed by atoms with Gasteiger partial charge in [0.2, 0.25) is 5.91 Å². The molecule has 0 spiro atoms. The summed E-state index contributed by atoms with van der Waals surface area (Å²) < 4.78 is 7.84. The number of hydrogen-bond donors (Lipinski definition) is 0. The van der Waals surface area contributed by atoms with Gasteiger partial charge in [-0.25, -0.2) is 4.98 Å². The first-order chi connectivity index (χ1) is 11.2. The molecule has 2 saturated heterocycles. The van der Waals surface area contributed by atoms with Crippen LogP contribution in [0, 0.1) is 12.8 Å². The van der Waals surface area contributed by atoms with Gasteiger partial charge >= 0.3 is 0 Å². The lowest BCUT2D eigenvalue weighted by atomic mass is 9.96. The fraction of sp³-hybridized carbons (Fsp3) is 0.778. The molecule has 5 nitrogen and oxygen atoms in total. The Morgan fingerprint density at radius 3 is 2.48 bits per heavy atom. The van der Waals surface area contributed by atoms with Gasteiger partial charge in [0.15, 0.2) is 0 Å². The van der Waals surface area contributed by atoms with E-state index < -0.39 is 0 Å². The number of rotatable bonds is 3. The van der Waals surface area contributed by atoms with Crippen molar-refractivity contribution in [2.45, 2.75) is 57.4 Å². The largest absolute Gasteiger partial charge is 0.381 e. The number of likely N-dealkylation sites (tertiary alicyclic amines) is 1. The highest BCUT2D eigenvalue weighted by molar-refractivity contribution is 5.79. The molecule has 3 heterocycles. The van der Waals surface area contributed by atoms with Gasteiger partial charge < -0.3 is 14.2 Å². The summed E-state index contributed by atoms with van der Waals surface area (Å²) >= 11 is 0. The minimum atomic E-state index is 0.192. The van der Waals surface area contributed by atoms with E-state index in [1.54, 1.807) is 0 Å². The molecule has 3 fully saturated rings. The van der Waals surface area contributed by atoms with Gasteiger partial charge in [0.05, 0.1) is 0 Å². The van der Waals surface area contributed by atoms with Crippen molar-refractivity contribution in [3.63, 3.8) is 0 Å². The number of aromatic nitrogens is 2. The number of imidazole rings is 1. The molecule has 0 aromatic carbocycles. The Morgan fingerprint density at radius 1 is 1.13 bits per heavy atom. The summed E-state index contributed by atoms with van der Waals surface area (Å²) in [5.74, 6) is 2.52. The Morgan fingerprint density at radius 2 is 1.83 bits per heavy atom. The van der Waals surface area contributed by atoms with Crippen molar-refractivity contribution >= 4 is 5.91 Å². The molecule has 2 aliphatic heterocycles. The summed E-state index contributed by atoms with van der Waals surface area (Å²) in [7, 11) is 0. The minimum absolute atomic E-state index is 0.192. The lowest BCUT2D eigenvalue weighted by Crippen LogP contribution is -2.43. The normalized spacial score (nSPS) is 24.1. The van der Waals surface area contributed by atoms with E-state index in [0.717, 1.165) is 52.0 Å². The summed E-state index contributed by atoms with van der Waals surface area (Å²) in [6, 6.07) is 0.520. The second-order valence-electron chi connectivity index (χ2n) is 7.35. The topological polar surface area (TPSA) is 47.4 Å². The van der Waals surface area contributed by atoms with Crippen LogP contribution in [-0.2, 0) is 9.53 Å². The zero-order valence-electron chi connectivity index (χ0n) is 14.0. The highest BCUT2D eigenvalue weighted by Gasteiger charge is 2.34. The SMILES string of the molecule is Cc1cnc(C2CC2)n1C1CCN(C(=O)C2CCOCC2)CC1. The summed E-state index contributed by atoms with van der Waals surface area (Å²) in [5.41, 5.74) is 1.28. The van der Waals surface area contributed by atoms with Crippen LogP contribution in [0.25, 0.3) is 0 Å². The first kappa shape index (κ1) is 15.2. The average Bonchev–Trinajstić information content (AvgIpc) is 3.38. The van der Waals surface area contributed by atoms with Gasteiger partial charge in [-0.15, -0.1) is 0 Å². The number of ether oxygens (including phenoxy) is 1. The minimum Gasteiger partial charge on any atom is -0.381 e. The van der Waals surface area contributed by atoms with Gasteiger partial charge in [-0.3, -0.25) is 4.79 Å². The Kier molecular flexibility index (Phi) is 4.14. The van der Waals surface area contributed by atoms with Crippen molar-refractivity contribution < 1.29 is 9.53 Å². The molecule has 0 bridgehead atoms. The summed E-state index contributed by atoms with van der Waals surface area (Å²) in [4.78, 5) is 19.4. The van der Waals surface area contributed by atoms with E-state index in [2.05, 4.69) is 21.4 Å². The van der Waals surface area contributed by atoms with E-state index in [9.17, 15) is 4.79 Å². The number of hydrogen-bond acceptors (Lipinski definition) is 3. The first-order valence-corrected chi connectivity index (χ1v) is 9.14. The molecule has 1 aliphatic carbocycles. The van der Waals surface area contributed by atoms with Crippen LogP contribution in [-0.4, -0.2) is 46.7 Å². The van der Waals surface area contributed by atoms with Crippen molar-refractivity contribution in [1.82, 2.24) is 14.5 Å². The van der Waals surface area contributed by atoms with Crippen LogP contribution in [0.4, 0.5) is 0 Å². The monoisotopic (exact) mass is 317 g/mol. The van der Waals surface area contributed by atoms with Crippen LogP contribution in [0.15, 0.2) is 6.20 Å². The molecule has 0 N–H and O–H groups in total. The van der Waals surface area contributed by atoms with Crippen molar-refractivity contribution in [3.05, 3.63) is 17.7 Å². The number of piperidine rings is 1. The second kappa shape index (κ2) is 6.27. The Bertz CT molecular complexity index is 565. The van der Waals surface area contributed by atoms with E-state index in [-0.39, 0.29) is 5.92 Å². The Labute approximate surface area is 138 Å². The van der Waals surface area contributed by atoms with Gasteiger partial charge in [0, 0.05) is 56.1 Å². The molecule has 3 aliphatic rings. The van der Waals surface area contributed by atoms with Gasteiger partial charge in [0.25, 0.3) is 0 Å². The van der Waals surface area contributed by atoms with Crippen LogP contribution >= 0.6 is 0 Å². The van der Waals surface area contributed by atoms with Gasteiger partial charge in [-0.2, -0.15) is 0 Å². The third-order valence-electron chi connectivity index (χ3n) is 5.66. The van der Waals surface area contributed by atoms with Crippen molar-refractivity contribution in [1.29, 1.82) is 0 Å². The maximum Gasteiger partial charge on any atom is 0.225 e. The molecule has 1 aromatic rings. The molecule has 1 aromatic heterocycles. The summed E-state index contributed by atoms with van der Waals surface area (Å²) in [6.45, 7) is 5.43. The molecule has 1 saturated carbocycles. The third-order valence-corrected chi connectivity index (χ3v) is 5.66. The lowest BCUT2D eigenvalue weighted by molar-refractivity contribution is -0.139. The molecule has 23 heavy (non-hydrogen) atoms. The van der Waals surface area contributed by atoms with Crippen LogP contribution < -0.4 is 0 Å². The van der Waals surface area contributed by atoms with Crippen molar-refractivity contribution in [3.8, 4) is 0 Å². The molecule has 0 radical (unpaired) electrons. The second-order valence-corrected chi connectivity index (χ2v) is 7.35. The number of carbonyl (C=O) groups is 1. The van der Waals surface area contributed by atoms with E-state index in [0.29, 0.717) is 17.9 Å². The number of carbonyl (C=O) groups excluding carboxylic acids is 1. The van der Waals surface area contributed by atoms with Gasteiger partial charge in [-0.1, -0.05) is 0 Å². The lowest BCUT2D eigenvalue weighted by Gasteiger charge is -2.36. The third kappa shape index (κ3) is 3.03. The van der Waals surface area contributed by atoms with Crippen LogP contribution in [0.1, 0.15) is 62.0 Å². The summed E-state index contributed by atoms with van der Waals surface area (Å²) in [5, 5.41) is 0. The maximum atomic E-state index is 12.6. The fourth-order valence-corrected chi connectivity index (χ4v) is 4.13. The molecular weight excluding hydrogens is 290 g/mol. The quantitative estimate of drug-likeness (QED) is 0.861. The molecular formula is C18H27N3O2. The van der Waals surface area contributed by atoms with E-state index >= 15 is 0 Å². The van der Waals surface area contributed by atoms with E-state index in [1.807, 2.05) is 6.20 Å². The van der Waals surface area contributed by atoms with Gasteiger partial charge in [0.1, 0.15) is 5.82 Å². The first-order valence-electron chi connectivity index (χ1n) is 9.14. The Balaban J connectivity index is 1.39. The molecule has 126 valence electrons.